The Bertz CT molecular complexity index is 1200. The summed E-state index contributed by atoms with van der Waals surface area (Å²) in [5.74, 6) is -2.94. The number of nitrogens with two attached hydrogens (primary N) is 2. The van der Waals surface area contributed by atoms with Crippen LogP contribution in [0.1, 0.15) is 52.5 Å². The lowest BCUT2D eigenvalue weighted by molar-refractivity contribution is -0.135. The minimum atomic E-state index is -1.51. The van der Waals surface area contributed by atoms with Gasteiger partial charge in [-0.05, 0) is 44.6 Å². The molecule has 0 spiro atoms. The summed E-state index contributed by atoms with van der Waals surface area (Å²) >= 11 is 0. The van der Waals surface area contributed by atoms with Crippen LogP contribution < -0.4 is 32.7 Å². The fraction of sp³-hybridized carbons (Fsp3) is 0.536. The van der Waals surface area contributed by atoms with E-state index in [2.05, 4.69) is 31.2 Å². The molecule has 0 aliphatic rings. The average molecular weight is 619 g/mol. The van der Waals surface area contributed by atoms with E-state index in [9.17, 15) is 29.4 Å². The van der Waals surface area contributed by atoms with Crippen LogP contribution in [0.3, 0.4) is 0 Å². The highest BCUT2D eigenvalue weighted by Gasteiger charge is 2.33. The van der Waals surface area contributed by atoms with Gasteiger partial charge >= 0.3 is 12.3 Å². The lowest BCUT2D eigenvalue weighted by Crippen LogP contribution is -2.60. The van der Waals surface area contributed by atoms with Gasteiger partial charge in [-0.2, -0.15) is 0 Å². The first-order valence-electron chi connectivity index (χ1n) is 14.1. The van der Waals surface area contributed by atoms with Crippen LogP contribution in [-0.2, 0) is 25.7 Å². The third-order valence-corrected chi connectivity index (χ3v) is 6.16. The molecule has 10 N–H and O–H groups in total. The lowest BCUT2D eigenvalue weighted by Gasteiger charge is -2.27. The van der Waals surface area contributed by atoms with Crippen molar-refractivity contribution in [1.82, 2.24) is 21.3 Å². The maximum atomic E-state index is 13.3. The van der Waals surface area contributed by atoms with E-state index in [0.717, 1.165) is 11.8 Å². The first-order chi connectivity index (χ1) is 20.7. The third-order valence-electron chi connectivity index (χ3n) is 6.16. The van der Waals surface area contributed by atoms with E-state index in [-0.39, 0.29) is 44.3 Å². The van der Waals surface area contributed by atoms with E-state index < -0.39 is 59.8 Å². The highest BCUT2D eigenvalue weighted by molar-refractivity contribution is 5.94. The lowest BCUT2D eigenvalue weighted by atomic mass is 10.0. The predicted octanol–water partition coefficient (Wildman–Crippen LogP) is 0.489. The molecule has 1 aromatic carbocycles. The number of aliphatic hydroxyl groups excluding tert-OH is 2. The van der Waals surface area contributed by atoms with Gasteiger partial charge in [0.25, 0.3) is 0 Å². The predicted molar refractivity (Wildman–Crippen MR) is 162 cm³/mol. The van der Waals surface area contributed by atoms with Crippen molar-refractivity contribution in [2.24, 2.45) is 22.4 Å². The quantitative estimate of drug-likeness (QED) is 0.0394. The summed E-state index contributed by atoms with van der Waals surface area (Å²) in [7, 11) is 0. The van der Waals surface area contributed by atoms with Crippen molar-refractivity contribution in [3.63, 3.8) is 0 Å². The van der Waals surface area contributed by atoms with Crippen LogP contribution in [0.2, 0.25) is 0 Å². The van der Waals surface area contributed by atoms with E-state index in [1.165, 1.54) is 13.8 Å². The second-order valence-corrected chi connectivity index (χ2v) is 10.5. The maximum Gasteiger partial charge on any atom is 0.408 e. The highest BCUT2D eigenvalue weighted by atomic mass is 16.5. The number of rotatable bonds is 17. The van der Waals surface area contributed by atoms with Gasteiger partial charge in [0.1, 0.15) is 24.7 Å². The van der Waals surface area contributed by atoms with Gasteiger partial charge < -0.3 is 47.7 Å². The van der Waals surface area contributed by atoms with Crippen LogP contribution in [-0.4, -0.2) is 76.8 Å². The topological polar surface area (TPSA) is 259 Å². The molecule has 16 nitrogen and oxygen atoms in total. The van der Waals surface area contributed by atoms with Crippen molar-refractivity contribution in [2.45, 2.75) is 83.8 Å². The number of nitrogens with zero attached hydrogens (tertiary/aromatic N) is 3. The van der Waals surface area contributed by atoms with Crippen LogP contribution in [0.25, 0.3) is 4.98 Å². The van der Waals surface area contributed by atoms with Crippen molar-refractivity contribution >= 4 is 29.8 Å². The molecule has 5 atom stereocenters. The zero-order valence-electron chi connectivity index (χ0n) is 25.4. The normalized spacial score (nSPS) is 14.5. The van der Waals surface area contributed by atoms with Crippen molar-refractivity contribution < 1.29 is 34.1 Å². The maximum absolute atomic E-state index is 13.3. The van der Waals surface area contributed by atoms with Crippen LogP contribution in [0.15, 0.2) is 47.3 Å². The van der Waals surface area contributed by atoms with E-state index in [0.29, 0.717) is 0 Å². The fourth-order valence-electron chi connectivity index (χ4n) is 3.86. The number of hydrogen-bond acceptors (Lipinski definition) is 9. The summed E-state index contributed by atoms with van der Waals surface area (Å²) in [5, 5.41) is 38.8. The minimum Gasteiger partial charge on any atom is -0.504 e. The Labute approximate surface area is 256 Å². The summed E-state index contributed by atoms with van der Waals surface area (Å²) in [6.07, 6.45) is -1.01. The molecule has 0 saturated heterocycles. The van der Waals surface area contributed by atoms with Gasteiger partial charge in [-0.25, -0.2) is 4.79 Å². The fourth-order valence-corrected chi connectivity index (χ4v) is 3.86. The number of nitrogens with one attached hydrogen (secondary N) is 4. The molecular weight excluding hydrogens is 574 g/mol. The van der Waals surface area contributed by atoms with Gasteiger partial charge in [0.15, 0.2) is 10.9 Å². The van der Waals surface area contributed by atoms with E-state index in [1.54, 1.807) is 24.3 Å². The first-order valence-corrected chi connectivity index (χ1v) is 14.1. The van der Waals surface area contributed by atoms with Crippen molar-refractivity contribution in [3.05, 3.63) is 52.8 Å². The second-order valence-electron chi connectivity index (χ2n) is 10.5. The Morgan fingerprint density at radius 3 is 2.18 bits per heavy atom. The molecule has 0 aromatic heterocycles. The number of hydrogen-bond donors (Lipinski definition) is 8. The van der Waals surface area contributed by atoms with Crippen LogP contribution in [0, 0.1) is 11.3 Å². The SMILES string of the molecule is CC(C)C[C@H](NC(=O)[C@@H](NC(=O)[C@H](CCCN=C(N)N)NC(=O)OCc1ccccc1)[C@@H](C)O)C(=O)N[C@@H](C)/C(O)=C/[N+]#N. The number of guanidine groups is 1. The summed E-state index contributed by atoms with van der Waals surface area (Å²) < 4.78 is 5.22. The molecular formula is C28H44N9O7+. The molecule has 4 amide bonds. The Balaban J connectivity index is 3.04. The average Bonchev–Trinajstić information content (AvgIpc) is 2.95. The van der Waals surface area contributed by atoms with Gasteiger partial charge in [-0.1, -0.05) is 44.2 Å². The minimum absolute atomic E-state index is 0.0476. The number of amides is 4. The zero-order chi connectivity index (χ0) is 33.2. The van der Waals surface area contributed by atoms with Gasteiger partial charge in [-0.15, -0.1) is 0 Å². The molecule has 0 radical (unpaired) electrons. The number of ether oxygens (including phenoxy) is 1. The van der Waals surface area contributed by atoms with Crippen LogP contribution >= 0.6 is 0 Å². The molecule has 0 heterocycles. The standard InChI is InChI=1S/C28H43N9O7/c1-16(2)13-21(25(41)34-17(3)22(39)14-33-31)35-26(42)23(18(4)38)37-24(40)20(11-8-12-32-27(29)30)36-28(43)44-15-19-9-6-5-7-10-19/h5-7,9-10,14,16-18,20-21,23,38H,8,11-13,15H2,1-4H3,(H8-,29,30,32,34,35,36,37,39,40,41,42,43)/p+1/b22-14-/t17-,18+,20-,21-,23-/m0/s1. The van der Waals surface area contributed by atoms with E-state index in [4.69, 9.17) is 21.6 Å². The molecule has 0 unspecified atom stereocenters. The molecule has 0 aliphatic heterocycles. The summed E-state index contributed by atoms with van der Waals surface area (Å²) in [6, 6.07) is 4.14. The van der Waals surface area contributed by atoms with Crippen molar-refractivity contribution in [2.75, 3.05) is 6.54 Å². The number of alkyl carbamates (subject to hydrolysis) is 1. The molecule has 1 aromatic rings. The molecule has 16 heteroatoms. The molecule has 0 aliphatic carbocycles. The first kappa shape index (κ1) is 37.1. The van der Waals surface area contributed by atoms with Gasteiger partial charge in [0.05, 0.1) is 12.1 Å². The van der Waals surface area contributed by atoms with Crippen LogP contribution in [0.5, 0.6) is 0 Å². The van der Waals surface area contributed by atoms with Crippen molar-refractivity contribution in [3.8, 4) is 0 Å². The van der Waals surface area contributed by atoms with Gasteiger partial charge in [0.2, 0.25) is 28.9 Å². The Hall–Kier alpha value is -4.91. The number of carbonyl (C=O) groups excluding carboxylic acids is 4. The van der Waals surface area contributed by atoms with Gasteiger partial charge in [-0.3, -0.25) is 19.4 Å². The van der Waals surface area contributed by atoms with Crippen molar-refractivity contribution in [1.29, 1.82) is 5.39 Å². The number of aliphatic imine (C=N–C) groups is 1. The number of benzene rings is 1. The molecule has 242 valence electrons. The van der Waals surface area contributed by atoms with E-state index in [1.807, 2.05) is 19.9 Å². The Morgan fingerprint density at radius 1 is 0.977 bits per heavy atom. The van der Waals surface area contributed by atoms with E-state index >= 15 is 0 Å². The number of carbonyl (C=O) groups is 4. The summed E-state index contributed by atoms with van der Waals surface area (Å²) in [6.45, 7) is 6.47. The molecule has 0 fully saturated rings. The summed E-state index contributed by atoms with van der Waals surface area (Å²) in [5.41, 5.74) is 11.4. The number of aliphatic hydroxyl groups is 2. The zero-order valence-corrected chi connectivity index (χ0v) is 25.4. The molecule has 1 rings (SSSR count). The molecule has 44 heavy (non-hydrogen) atoms. The summed E-state index contributed by atoms with van der Waals surface area (Å²) in [4.78, 5) is 58.6. The highest BCUT2D eigenvalue weighted by Crippen LogP contribution is 2.09. The number of diazo groups is 1. The third kappa shape index (κ3) is 14.3. The van der Waals surface area contributed by atoms with Crippen LogP contribution in [0.4, 0.5) is 4.79 Å². The Morgan fingerprint density at radius 2 is 1.61 bits per heavy atom. The second kappa shape index (κ2) is 19.3. The molecule has 0 bridgehead atoms. The largest absolute Gasteiger partial charge is 0.504 e. The molecule has 0 saturated carbocycles. The Kier molecular flexibility index (Phi) is 16.3. The smallest absolute Gasteiger partial charge is 0.408 e. The monoisotopic (exact) mass is 618 g/mol. The van der Waals surface area contributed by atoms with Gasteiger partial charge in [0, 0.05) is 6.54 Å².